The molecule has 1 fully saturated rings. The van der Waals surface area contributed by atoms with E-state index in [1.807, 2.05) is 0 Å². The van der Waals surface area contributed by atoms with E-state index in [0.717, 1.165) is 12.5 Å². The van der Waals surface area contributed by atoms with Crippen LogP contribution in [0.15, 0.2) is 24.3 Å². The van der Waals surface area contributed by atoms with E-state index in [9.17, 15) is 0 Å². The molecule has 1 unspecified atom stereocenters. The second-order valence-corrected chi connectivity index (χ2v) is 5.71. The molecule has 82 valence electrons. The molecule has 1 aromatic rings. The summed E-state index contributed by atoms with van der Waals surface area (Å²) < 4.78 is 1.31. The van der Waals surface area contributed by atoms with Gasteiger partial charge < -0.3 is 5.32 Å². The minimum atomic E-state index is 0.487. The van der Waals surface area contributed by atoms with Crippen LogP contribution in [0.5, 0.6) is 0 Å². The molecule has 2 heteroatoms. The van der Waals surface area contributed by atoms with E-state index < -0.39 is 0 Å². The Hall–Kier alpha value is -0.0900. The molecule has 15 heavy (non-hydrogen) atoms. The van der Waals surface area contributed by atoms with Crippen molar-refractivity contribution in [3.05, 3.63) is 33.4 Å². The van der Waals surface area contributed by atoms with Gasteiger partial charge in [-0.05, 0) is 66.1 Å². The van der Waals surface area contributed by atoms with Gasteiger partial charge in [-0.25, -0.2) is 0 Å². The highest BCUT2D eigenvalue weighted by atomic mass is 127. The molecule has 1 saturated carbocycles. The number of hydrogen-bond acceptors (Lipinski definition) is 1. The molecule has 1 atom stereocenters. The van der Waals surface area contributed by atoms with E-state index in [2.05, 4.69) is 59.1 Å². The molecule has 0 radical (unpaired) electrons. The second kappa shape index (κ2) is 5.30. The van der Waals surface area contributed by atoms with Crippen LogP contribution in [0.3, 0.4) is 0 Å². The molecule has 0 saturated heterocycles. The van der Waals surface area contributed by atoms with Crippen molar-refractivity contribution < 1.29 is 0 Å². The lowest BCUT2D eigenvalue weighted by molar-refractivity contribution is 0.539. The first kappa shape index (κ1) is 11.4. The lowest BCUT2D eigenvalue weighted by atomic mass is 10.1. The third-order valence-electron chi connectivity index (χ3n) is 3.07. The highest BCUT2D eigenvalue weighted by molar-refractivity contribution is 14.1. The van der Waals surface area contributed by atoms with Crippen molar-refractivity contribution in [1.29, 1.82) is 0 Å². The summed E-state index contributed by atoms with van der Waals surface area (Å²) in [6, 6.07) is 9.28. The summed E-state index contributed by atoms with van der Waals surface area (Å²) in [5.41, 5.74) is 1.39. The lowest BCUT2D eigenvalue weighted by Crippen LogP contribution is -2.20. The van der Waals surface area contributed by atoms with Gasteiger partial charge >= 0.3 is 0 Å². The van der Waals surface area contributed by atoms with Crippen LogP contribution in [0, 0.1) is 9.49 Å². The average molecular weight is 315 g/mol. The Labute approximate surface area is 106 Å². The summed E-state index contributed by atoms with van der Waals surface area (Å²) in [4.78, 5) is 0. The second-order valence-electron chi connectivity index (χ2n) is 4.46. The normalized spacial score (nSPS) is 17.7. The lowest BCUT2D eigenvalue weighted by Gasteiger charge is -2.14. The standard InChI is InChI=1S/C13H18IN/c1-10(15-9-8-11-2-3-11)12-4-6-13(14)7-5-12/h4-7,10-11,15H,2-3,8-9H2,1H3. The number of rotatable bonds is 5. The summed E-state index contributed by atoms with van der Waals surface area (Å²) in [5.74, 6) is 1.03. The Kier molecular flexibility index (Phi) is 4.03. The molecule has 0 heterocycles. The highest BCUT2D eigenvalue weighted by Gasteiger charge is 2.20. The molecule has 1 nitrogen and oxygen atoms in total. The molecule has 0 aliphatic heterocycles. The Morgan fingerprint density at radius 2 is 2.00 bits per heavy atom. The van der Waals surface area contributed by atoms with Gasteiger partial charge in [-0.3, -0.25) is 0 Å². The van der Waals surface area contributed by atoms with Crippen molar-refractivity contribution in [3.8, 4) is 0 Å². The van der Waals surface area contributed by atoms with Gasteiger partial charge in [-0.2, -0.15) is 0 Å². The van der Waals surface area contributed by atoms with E-state index in [1.165, 1.54) is 28.4 Å². The van der Waals surface area contributed by atoms with Crippen molar-refractivity contribution in [2.75, 3.05) is 6.54 Å². The fourth-order valence-electron chi connectivity index (χ4n) is 1.78. The van der Waals surface area contributed by atoms with Crippen LogP contribution >= 0.6 is 22.6 Å². The zero-order valence-corrected chi connectivity index (χ0v) is 11.3. The van der Waals surface area contributed by atoms with Crippen LogP contribution < -0.4 is 5.32 Å². The Bertz CT molecular complexity index is 303. The van der Waals surface area contributed by atoms with Crippen LogP contribution in [0.25, 0.3) is 0 Å². The summed E-state index contributed by atoms with van der Waals surface area (Å²) in [7, 11) is 0. The molecular weight excluding hydrogens is 297 g/mol. The summed E-state index contributed by atoms with van der Waals surface area (Å²) in [5, 5.41) is 3.59. The fourth-order valence-corrected chi connectivity index (χ4v) is 2.14. The Morgan fingerprint density at radius 1 is 1.33 bits per heavy atom. The fraction of sp³-hybridized carbons (Fsp3) is 0.538. The molecule has 0 amide bonds. The first-order valence-corrected chi connectivity index (χ1v) is 6.82. The SMILES string of the molecule is CC(NCCC1CC1)c1ccc(I)cc1. The zero-order valence-electron chi connectivity index (χ0n) is 9.17. The average Bonchev–Trinajstić information content (AvgIpc) is 3.02. The van der Waals surface area contributed by atoms with E-state index in [4.69, 9.17) is 0 Å². The molecule has 1 aromatic carbocycles. The quantitative estimate of drug-likeness (QED) is 0.816. The van der Waals surface area contributed by atoms with Gasteiger partial charge in [-0.1, -0.05) is 25.0 Å². The summed E-state index contributed by atoms with van der Waals surface area (Å²) in [6.45, 7) is 3.41. The van der Waals surface area contributed by atoms with Crippen molar-refractivity contribution in [2.45, 2.75) is 32.2 Å². The topological polar surface area (TPSA) is 12.0 Å². The van der Waals surface area contributed by atoms with Gasteiger partial charge in [0.05, 0.1) is 0 Å². The maximum Gasteiger partial charge on any atom is 0.0291 e. The van der Waals surface area contributed by atoms with E-state index in [-0.39, 0.29) is 0 Å². The van der Waals surface area contributed by atoms with Crippen molar-refractivity contribution in [3.63, 3.8) is 0 Å². The maximum absolute atomic E-state index is 3.59. The Balaban J connectivity index is 1.78. The van der Waals surface area contributed by atoms with E-state index >= 15 is 0 Å². The van der Waals surface area contributed by atoms with Crippen LogP contribution in [0.4, 0.5) is 0 Å². The minimum Gasteiger partial charge on any atom is -0.310 e. The van der Waals surface area contributed by atoms with Crippen LogP contribution in [-0.4, -0.2) is 6.54 Å². The van der Waals surface area contributed by atoms with Gasteiger partial charge in [0.15, 0.2) is 0 Å². The molecule has 1 aliphatic rings. The molecule has 0 aromatic heterocycles. The largest absolute Gasteiger partial charge is 0.310 e. The molecule has 2 rings (SSSR count). The number of nitrogens with one attached hydrogen (secondary N) is 1. The van der Waals surface area contributed by atoms with Gasteiger partial charge in [0, 0.05) is 9.61 Å². The smallest absolute Gasteiger partial charge is 0.0291 e. The third kappa shape index (κ3) is 3.76. The maximum atomic E-state index is 3.59. The summed E-state index contributed by atoms with van der Waals surface area (Å²) >= 11 is 2.35. The predicted molar refractivity (Wildman–Crippen MR) is 72.9 cm³/mol. The Morgan fingerprint density at radius 3 is 2.60 bits per heavy atom. The van der Waals surface area contributed by atoms with Gasteiger partial charge in [0.1, 0.15) is 0 Å². The van der Waals surface area contributed by atoms with Crippen LogP contribution in [-0.2, 0) is 0 Å². The first-order valence-electron chi connectivity index (χ1n) is 5.74. The van der Waals surface area contributed by atoms with E-state index in [0.29, 0.717) is 6.04 Å². The summed E-state index contributed by atoms with van der Waals surface area (Å²) in [6.07, 6.45) is 4.27. The van der Waals surface area contributed by atoms with Crippen molar-refractivity contribution in [2.24, 2.45) is 5.92 Å². The molecule has 1 aliphatic carbocycles. The van der Waals surface area contributed by atoms with Gasteiger partial charge in [0.2, 0.25) is 0 Å². The third-order valence-corrected chi connectivity index (χ3v) is 3.79. The molecule has 0 spiro atoms. The molecule has 0 bridgehead atoms. The molecule has 1 N–H and O–H groups in total. The zero-order chi connectivity index (χ0) is 10.7. The minimum absolute atomic E-state index is 0.487. The van der Waals surface area contributed by atoms with Crippen molar-refractivity contribution >= 4 is 22.6 Å². The monoisotopic (exact) mass is 315 g/mol. The predicted octanol–water partition coefficient (Wildman–Crippen LogP) is 3.74. The highest BCUT2D eigenvalue weighted by Crippen LogP contribution is 2.31. The van der Waals surface area contributed by atoms with Crippen molar-refractivity contribution in [1.82, 2.24) is 5.32 Å². The first-order chi connectivity index (χ1) is 7.25. The van der Waals surface area contributed by atoms with Gasteiger partial charge in [-0.15, -0.1) is 0 Å². The number of halogens is 1. The van der Waals surface area contributed by atoms with Gasteiger partial charge in [0.25, 0.3) is 0 Å². The van der Waals surface area contributed by atoms with E-state index in [1.54, 1.807) is 0 Å². The number of benzene rings is 1. The molecular formula is C13H18IN. The van der Waals surface area contributed by atoms with Crippen LogP contribution in [0.2, 0.25) is 0 Å². The van der Waals surface area contributed by atoms with Crippen LogP contribution in [0.1, 0.15) is 37.8 Å². The number of hydrogen-bond donors (Lipinski definition) is 1.